The maximum Gasteiger partial charge on any atom is 0.522 e. The van der Waals surface area contributed by atoms with E-state index < -0.39 is 12.5 Å². The van der Waals surface area contributed by atoms with Gasteiger partial charge >= 0.3 is 6.36 Å². The van der Waals surface area contributed by atoms with Gasteiger partial charge < -0.3 is 0 Å². The minimum Gasteiger partial charge on any atom is -0.288 e. The fraction of sp³-hybridized carbons (Fsp3) is 0.667. The molecule has 2 rings (SSSR count). The topological polar surface area (TPSA) is 27.1 Å². The van der Waals surface area contributed by atoms with Crippen LogP contribution in [0.4, 0.5) is 13.2 Å². The molecular weight excluding hydrogens is 209 g/mol. The van der Waals surface area contributed by atoms with Gasteiger partial charge in [-0.15, -0.1) is 13.2 Å². The number of halogens is 3. The van der Waals surface area contributed by atoms with Crippen LogP contribution in [0.15, 0.2) is 12.4 Å². The largest absolute Gasteiger partial charge is 0.522 e. The smallest absolute Gasteiger partial charge is 0.288 e. The summed E-state index contributed by atoms with van der Waals surface area (Å²) in [5.74, 6) is 0. The third kappa shape index (κ3) is 2.50. The first-order valence-electron chi connectivity index (χ1n) is 4.69. The Labute approximate surface area is 84.8 Å². The molecule has 1 aliphatic carbocycles. The number of ether oxygens (including phenoxy) is 1. The lowest BCUT2D eigenvalue weighted by atomic mass is 9.89. The van der Waals surface area contributed by atoms with Gasteiger partial charge in [0, 0.05) is 6.20 Å². The van der Waals surface area contributed by atoms with Crippen LogP contribution in [0.5, 0.6) is 0 Å². The highest BCUT2D eigenvalue weighted by Crippen LogP contribution is 2.37. The van der Waals surface area contributed by atoms with Crippen molar-refractivity contribution in [3.05, 3.63) is 18.0 Å². The molecule has 6 heteroatoms. The average molecular weight is 220 g/mol. The number of alkyl halides is 3. The van der Waals surface area contributed by atoms with E-state index in [1.807, 2.05) is 13.1 Å². The zero-order valence-electron chi connectivity index (χ0n) is 8.16. The van der Waals surface area contributed by atoms with E-state index in [-0.39, 0.29) is 6.04 Å². The van der Waals surface area contributed by atoms with Crippen molar-refractivity contribution >= 4 is 0 Å². The lowest BCUT2D eigenvalue weighted by Gasteiger charge is -2.35. The van der Waals surface area contributed by atoms with Gasteiger partial charge in [0.15, 0.2) is 0 Å². The quantitative estimate of drug-likeness (QED) is 0.765. The van der Waals surface area contributed by atoms with Gasteiger partial charge in [-0.05, 0) is 25.3 Å². The Kier molecular flexibility index (Phi) is 2.46. The summed E-state index contributed by atoms with van der Waals surface area (Å²) in [5.41, 5.74) is 1.01. The fourth-order valence-electron chi connectivity index (χ4n) is 1.67. The highest BCUT2D eigenvalue weighted by Gasteiger charge is 2.40. The van der Waals surface area contributed by atoms with Crippen molar-refractivity contribution in [2.24, 2.45) is 0 Å². The summed E-state index contributed by atoms with van der Waals surface area (Å²) in [6.07, 6.45) is -0.955. The van der Waals surface area contributed by atoms with E-state index in [9.17, 15) is 13.2 Å². The third-order valence-electron chi connectivity index (χ3n) is 2.47. The first kappa shape index (κ1) is 10.5. The molecule has 1 aromatic rings. The van der Waals surface area contributed by atoms with E-state index in [1.54, 1.807) is 10.9 Å². The maximum absolute atomic E-state index is 11.8. The van der Waals surface area contributed by atoms with Gasteiger partial charge in [-0.1, -0.05) is 0 Å². The van der Waals surface area contributed by atoms with Crippen molar-refractivity contribution in [1.29, 1.82) is 0 Å². The van der Waals surface area contributed by atoms with Crippen LogP contribution < -0.4 is 0 Å². The molecule has 84 valence electrons. The summed E-state index contributed by atoms with van der Waals surface area (Å²) in [6.45, 7) is 1.89. The Bertz CT molecular complexity index is 341. The molecule has 0 amide bonds. The molecule has 0 bridgehead atoms. The van der Waals surface area contributed by atoms with Gasteiger partial charge in [-0.3, -0.25) is 9.42 Å². The Morgan fingerprint density at radius 1 is 1.47 bits per heavy atom. The van der Waals surface area contributed by atoms with Crippen LogP contribution >= 0.6 is 0 Å². The van der Waals surface area contributed by atoms with Crippen LogP contribution in [-0.4, -0.2) is 22.2 Å². The van der Waals surface area contributed by atoms with Gasteiger partial charge in [0.1, 0.15) is 0 Å². The predicted molar refractivity (Wildman–Crippen MR) is 46.2 cm³/mol. The molecule has 1 fully saturated rings. The van der Waals surface area contributed by atoms with E-state index in [2.05, 4.69) is 9.84 Å². The Balaban J connectivity index is 1.84. The molecule has 1 saturated carbocycles. The highest BCUT2D eigenvalue weighted by atomic mass is 19.4. The monoisotopic (exact) mass is 220 g/mol. The molecule has 0 aromatic carbocycles. The second kappa shape index (κ2) is 3.52. The Hall–Kier alpha value is -1.04. The number of rotatable bonds is 2. The summed E-state index contributed by atoms with van der Waals surface area (Å²) in [4.78, 5) is 0. The van der Waals surface area contributed by atoms with Crippen LogP contribution in [0, 0.1) is 6.92 Å². The molecule has 3 nitrogen and oxygen atoms in total. The third-order valence-corrected chi connectivity index (χ3v) is 2.47. The van der Waals surface area contributed by atoms with Crippen LogP contribution in [0.25, 0.3) is 0 Å². The lowest BCUT2D eigenvalue weighted by molar-refractivity contribution is -0.353. The van der Waals surface area contributed by atoms with Crippen LogP contribution in [-0.2, 0) is 4.74 Å². The molecule has 0 aliphatic heterocycles. The zero-order chi connectivity index (χ0) is 11.1. The molecule has 0 saturated heterocycles. The van der Waals surface area contributed by atoms with Crippen LogP contribution in [0.3, 0.4) is 0 Å². The van der Waals surface area contributed by atoms with Crippen LogP contribution in [0.1, 0.15) is 24.4 Å². The molecule has 0 atom stereocenters. The number of hydrogen-bond donors (Lipinski definition) is 0. The van der Waals surface area contributed by atoms with E-state index in [4.69, 9.17) is 0 Å². The van der Waals surface area contributed by atoms with Gasteiger partial charge in [-0.25, -0.2) is 0 Å². The Morgan fingerprint density at radius 2 is 2.13 bits per heavy atom. The van der Waals surface area contributed by atoms with Crippen molar-refractivity contribution in [2.75, 3.05) is 0 Å². The highest BCUT2D eigenvalue weighted by molar-refractivity contribution is 5.02. The van der Waals surface area contributed by atoms with E-state index in [1.165, 1.54) is 0 Å². The number of nitrogens with zero attached hydrogens (tertiary/aromatic N) is 2. The molecule has 0 spiro atoms. The van der Waals surface area contributed by atoms with Gasteiger partial charge in [0.05, 0.1) is 18.3 Å². The van der Waals surface area contributed by atoms with E-state index in [0.29, 0.717) is 12.8 Å². The Morgan fingerprint density at radius 3 is 2.60 bits per heavy atom. The number of aromatic nitrogens is 2. The van der Waals surface area contributed by atoms with Crippen molar-refractivity contribution in [2.45, 2.75) is 38.3 Å². The first-order chi connectivity index (χ1) is 6.94. The second-order valence-corrected chi connectivity index (χ2v) is 3.81. The van der Waals surface area contributed by atoms with E-state index in [0.717, 1.165) is 5.56 Å². The standard InChI is InChI=1S/C9H11F3N2O/c1-6-4-13-14(5-6)7-2-8(3-7)15-9(10,11)12/h4-5,7-8H,2-3H2,1H3/t7-,8+. The summed E-state index contributed by atoms with van der Waals surface area (Å²) >= 11 is 0. The molecule has 0 N–H and O–H groups in total. The van der Waals surface area contributed by atoms with E-state index >= 15 is 0 Å². The normalized spacial score (nSPS) is 26.4. The molecule has 0 unspecified atom stereocenters. The van der Waals surface area contributed by atoms with Crippen molar-refractivity contribution < 1.29 is 17.9 Å². The zero-order valence-corrected chi connectivity index (χ0v) is 8.16. The van der Waals surface area contributed by atoms with Crippen molar-refractivity contribution in [1.82, 2.24) is 9.78 Å². The summed E-state index contributed by atoms with van der Waals surface area (Å²) < 4.78 is 41.0. The minimum absolute atomic E-state index is 0.0473. The van der Waals surface area contributed by atoms with Crippen molar-refractivity contribution in [3.8, 4) is 0 Å². The fourth-order valence-corrected chi connectivity index (χ4v) is 1.67. The van der Waals surface area contributed by atoms with Crippen LogP contribution in [0.2, 0.25) is 0 Å². The molecule has 1 aromatic heterocycles. The predicted octanol–water partition coefficient (Wildman–Crippen LogP) is 2.43. The minimum atomic E-state index is -4.52. The first-order valence-corrected chi connectivity index (χ1v) is 4.69. The van der Waals surface area contributed by atoms with Crippen molar-refractivity contribution in [3.63, 3.8) is 0 Å². The van der Waals surface area contributed by atoms with Gasteiger partial charge in [0.25, 0.3) is 0 Å². The molecule has 0 radical (unpaired) electrons. The summed E-state index contributed by atoms with van der Waals surface area (Å²) in [7, 11) is 0. The second-order valence-electron chi connectivity index (χ2n) is 3.81. The molecule has 1 heterocycles. The lowest BCUT2D eigenvalue weighted by Crippen LogP contribution is -2.37. The SMILES string of the molecule is Cc1cnn([C@H]2C[C@@H](OC(F)(F)F)C2)c1. The maximum atomic E-state index is 11.8. The number of hydrogen-bond acceptors (Lipinski definition) is 2. The van der Waals surface area contributed by atoms with Gasteiger partial charge in [-0.2, -0.15) is 5.10 Å². The van der Waals surface area contributed by atoms with Gasteiger partial charge in [0.2, 0.25) is 0 Å². The number of aryl methyl sites for hydroxylation is 1. The summed E-state index contributed by atoms with van der Waals surface area (Å²) in [6, 6.07) is 0.0473. The molecule has 1 aliphatic rings. The molecule has 15 heavy (non-hydrogen) atoms. The average Bonchev–Trinajstić information content (AvgIpc) is 2.41. The summed E-state index contributed by atoms with van der Waals surface area (Å²) in [5, 5.41) is 4.05. The molecular formula is C9H11F3N2O.